The molecular formula is C9H12N4OS. The minimum atomic E-state index is -0.599. The lowest BCUT2D eigenvalue weighted by Crippen LogP contribution is -2.06. The minimum absolute atomic E-state index is 0.517. The molecule has 80 valence electrons. The van der Waals surface area contributed by atoms with Crippen LogP contribution in [0.15, 0.2) is 12.3 Å². The lowest BCUT2D eigenvalue weighted by Gasteiger charge is -2.06. The summed E-state index contributed by atoms with van der Waals surface area (Å²) in [5.74, 6) is 0. The Bertz CT molecular complexity index is 437. The molecule has 1 N–H and O–H groups in total. The molecule has 0 aliphatic heterocycles. The number of aliphatic hydroxyl groups excluding tert-OH is 1. The number of aliphatic hydroxyl groups is 1. The van der Waals surface area contributed by atoms with E-state index in [0.717, 1.165) is 23.1 Å². The molecule has 1 atom stereocenters. The van der Waals surface area contributed by atoms with E-state index < -0.39 is 6.10 Å². The number of rotatable bonds is 3. The van der Waals surface area contributed by atoms with Crippen molar-refractivity contribution >= 4 is 11.7 Å². The zero-order chi connectivity index (χ0) is 10.8. The summed E-state index contributed by atoms with van der Waals surface area (Å²) in [6, 6.07) is 1.96. The lowest BCUT2D eigenvalue weighted by atomic mass is 10.1. The van der Waals surface area contributed by atoms with Crippen molar-refractivity contribution in [2.75, 3.05) is 0 Å². The zero-order valence-corrected chi connectivity index (χ0v) is 9.40. The number of nitrogens with zero attached hydrogens (tertiary/aromatic N) is 4. The fourth-order valence-corrected chi connectivity index (χ4v) is 1.94. The van der Waals surface area contributed by atoms with Gasteiger partial charge in [-0.25, -0.2) is 0 Å². The van der Waals surface area contributed by atoms with E-state index in [2.05, 4.69) is 13.8 Å². The maximum absolute atomic E-state index is 9.86. The molecule has 0 radical (unpaired) electrons. The Morgan fingerprint density at radius 3 is 2.93 bits per heavy atom. The van der Waals surface area contributed by atoms with Gasteiger partial charge in [-0.15, -0.1) is 0 Å². The molecular weight excluding hydrogens is 212 g/mol. The molecule has 6 heteroatoms. The van der Waals surface area contributed by atoms with Crippen LogP contribution in [-0.2, 0) is 13.5 Å². The number of hydrogen-bond acceptors (Lipinski definition) is 5. The van der Waals surface area contributed by atoms with Gasteiger partial charge in [0.2, 0.25) is 0 Å². The van der Waals surface area contributed by atoms with Gasteiger partial charge >= 0.3 is 0 Å². The molecule has 0 aliphatic carbocycles. The van der Waals surface area contributed by atoms with E-state index >= 15 is 0 Å². The average molecular weight is 224 g/mol. The van der Waals surface area contributed by atoms with Crippen molar-refractivity contribution in [1.29, 1.82) is 0 Å². The van der Waals surface area contributed by atoms with Crippen LogP contribution in [0, 0.1) is 6.92 Å². The molecule has 0 aliphatic rings. The first-order valence-corrected chi connectivity index (χ1v) is 5.35. The molecule has 0 aromatic carbocycles. The summed E-state index contributed by atoms with van der Waals surface area (Å²) < 4.78 is 9.64. The van der Waals surface area contributed by atoms with Crippen LogP contribution in [0.2, 0.25) is 0 Å². The molecule has 2 aromatic heterocycles. The smallest absolute Gasteiger partial charge is 0.104 e. The van der Waals surface area contributed by atoms with Gasteiger partial charge in [0.25, 0.3) is 0 Å². The maximum Gasteiger partial charge on any atom is 0.104 e. The number of aryl methyl sites for hydroxylation is 2. The van der Waals surface area contributed by atoms with E-state index in [9.17, 15) is 5.11 Å². The van der Waals surface area contributed by atoms with Gasteiger partial charge < -0.3 is 5.11 Å². The molecule has 0 spiro atoms. The van der Waals surface area contributed by atoms with Gasteiger partial charge in [0.05, 0.1) is 23.6 Å². The molecule has 0 saturated heterocycles. The second-order valence-corrected chi connectivity index (χ2v) is 4.01. The lowest BCUT2D eigenvalue weighted by molar-refractivity contribution is 0.172. The predicted molar refractivity (Wildman–Crippen MR) is 56.5 cm³/mol. The first-order valence-electron chi connectivity index (χ1n) is 4.62. The van der Waals surface area contributed by atoms with E-state index in [0.29, 0.717) is 12.1 Å². The monoisotopic (exact) mass is 224 g/mol. The van der Waals surface area contributed by atoms with Crippen molar-refractivity contribution in [3.8, 4) is 0 Å². The summed E-state index contributed by atoms with van der Waals surface area (Å²) in [4.78, 5) is 0. The maximum atomic E-state index is 9.86. The number of hydrogen-bond donors (Lipinski definition) is 1. The highest BCUT2D eigenvalue weighted by Gasteiger charge is 2.13. The topological polar surface area (TPSA) is 63.8 Å². The Hall–Kier alpha value is -1.27. The van der Waals surface area contributed by atoms with Gasteiger partial charge in [-0.05, 0) is 13.0 Å². The average Bonchev–Trinajstić information content (AvgIpc) is 2.76. The zero-order valence-electron chi connectivity index (χ0n) is 8.58. The standard InChI is InChI=1S/C9H12N4OS/c1-6-3-7(13(2)11-6)4-9(14)8-5-10-15-12-8/h3,5,9,14H,4H2,1-2H3. The largest absolute Gasteiger partial charge is 0.386 e. The third kappa shape index (κ3) is 2.21. The molecule has 5 nitrogen and oxygen atoms in total. The third-order valence-corrected chi connectivity index (χ3v) is 2.71. The van der Waals surface area contributed by atoms with E-state index in [-0.39, 0.29) is 0 Å². The molecule has 1 unspecified atom stereocenters. The highest BCUT2D eigenvalue weighted by Crippen LogP contribution is 2.16. The van der Waals surface area contributed by atoms with Crippen LogP contribution < -0.4 is 0 Å². The van der Waals surface area contributed by atoms with Crippen molar-refractivity contribution in [2.45, 2.75) is 19.4 Å². The molecule has 2 aromatic rings. The van der Waals surface area contributed by atoms with Crippen LogP contribution in [0.3, 0.4) is 0 Å². The molecule has 0 saturated carbocycles. The summed E-state index contributed by atoms with van der Waals surface area (Å²) in [6.45, 7) is 1.93. The summed E-state index contributed by atoms with van der Waals surface area (Å²) in [5, 5.41) is 14.1. The van der Waals surface area contributed by atoms with Gasteiger partial charge in [-0.1, -0.05) is 0 Å². The molecule has 15 heavy (non-hydrogen) atoms. The van der Waals surface area contributed by atoms with Gasteiger partial charge in [-0.2, -0.15) is 13.8 Å². The van der Waals surface area contributed by atoms with Crippen molar-refractivity contribution in [2.24, 2.45) is 7.05 Å². The molecule has 2 heterocycles. The van der Waals surface area contributed by atoms with Crippen molar-refractivity contribution < 1.29 is 5.11 Å². The predicted octanol–water partition coefficient (Wildman–Crippen LogP) is 0.856. The Kier molecular flexibility index (Phi) is 2.79. The second-order valence-electron chi connectivity index (χ2n) is 3.45. The molecule has 2 rings (SSSR count). The fraction of sp³-hybridized carbons (Fsp3) is 0.444. The SMILES string of the molecule is Cc1cc(CC(O)c2cnsn2)n(C)n1. The van der Waals surface area contributed by atoms with E-state index in [1.807, 2.05) is 20.0 Å². The molecule has 0 amide bonds. The first-order chi connectivity index (χ1) is 7.16. The second kappa shape index (κ2) is 4.08. The third-order valence-electron chi connectivity index (χ3n) is 2.22. The van der Waals surface area contributed by atoms with Crippen LogP contribution in [-0.4, -0.2) is 23.6 Å². The van der Waals surface area contributed by atoms with Crippen molar-refractivity contribution in [1.82, 2.24) is 18.5 Å². The Labute approximate surface area is 91.7 Å². The van der Waals surface area contributed by atoms with Gasteiger partial charge in [-0.3, -0.25) is 4.68 Å². The van der Waals surface area contributed by atoms with Crippen molar-refractivity contribution in [3.63, 3.8) is 0 Å². The van der Waals surface area contributed by atoms with Gasteiger partial charge in [0.15, 0.2) is 0 Å². The molecule has 0 bridgehead atoms. The van der Waals surface area contributed by atoms with Crippen LogP contribution in [0.5, 0.6) is 0 Å². The van der Waals surface area contributed by atoms with Crippen LogP contribution in [0.25, 0.3) is 0 Å². The summed E-state index contributed by atoms with van der Waals surface area (Å²) in [7, 11) is 1.87. The van der Waals surface area contributed by atoms with E-state index in [1.54, 1.807) is 10.9 Å². The Balaban J connectivity index is 2.12. The summed E-state index contributed by atoms with van der Waals surface area (Å²) >= 11 is 1.11. The van der Waals surface area contributed by atoms with E-state index in [1.165, 1.54) is 0 Å². The first kappa shape index (κ1) is 10.3. The number of aromatic nitrogens is 4. The molecule has 0 fully saturated rings. The van der Waals surface area contributed by atoms with Crippen molar-refractivity contribution in [3.05, 3.63) is 29.3 Å². The van der Waals surface area contributed by atoms with Gasteiger partial charge in [0, 0.05) is 19.2 Å². The minimum Gasteiger partial charge on any atom is -0.386 e. The van der Waals surface area contributed by atoms with Gasteiger partial charge in [0.1, 0.15) is 11.8 Å². The normalized spacial score (nSPS) is 13.0. The van der Waals surface area contributed by atoms with Crippen LogP contribution >= 0.6 is 11.7 Å². The van der Waals surface area contributed by atoms with Crippen LogP contribution in [0.4, 0.5) is 0 Å². The van der Waals surface area contributed by atoms with Crippen LogP contribution in [0.1, 0.15) is 23.2 Å². The highest BCUT2D eigenvalue weighted by atomic mass is 32.1. The summed E-state index contributed by atoms with van der Waals surface area (Å²) in [6.07, 6.45) is 1.51. The Morgan fingerprint density at radius 2 is 2.40 bits per heavy atom. The summed E-state index contributed by atoms with van der Waals surface area (Å²) in [5.41, 5.74) is 2.57. The van der Waals surface area contributed by atoms with E-state index in [4.69, 9.17) is 0 Å². The highest BCUT2D eigenvalue weighted by molar-refractivity contribution is 6.99. The Morgan fingerprint density at radius 1 is 1.60 bits per heavy atom. The fourth-order valence-electron chi connectivity index (χ4n) is 1.48. The quantitative estimate of drug-likeness (QED) is 0.839.